The van der Waals surface area contributed by atoms with Crippen LogP contribution in [0.5, 0.6) is 5.88 Å². The second kappa shape index (κ2) is 6.70. The van der Waals surface area contributed by atoms with Crippen LogP contribution >= 0.6 is 0 Å². The van der Waals surface area contributed by atoms with E-state index in [2.05, 4.69) is 22.5 Å². The third-order valence-electron chi connectivity index (χ3n) is 4.09. The number of hydrogen-bond acceptors (Lipinski definition) is 4. The average Bonchev–Trinajstić information content (AvgIpc) is 2.53. The van der Waals surface area contributed by atoms with Crippen molar-refractivity contribution < 1.29 is 9.53 Å². The van der Waals surface area contributed by atoms with Gasteiger partial charge < -0.3 is 15.4 Å². The number of amides is 1. The Hall–Kier alpha value is -1.62. The van der Waals surface area contributed by atoms with Crippen LogP contribution in [0.4, 0.5) is 0 Å². The summed E-state index contributed by atoms with van der Waals surface area (Å²) < 4.78 is 5.02. The summed E-state index contributed by atoms with van der Waals surface area (Å²) in [6.07, 6.45) is 4.62. The summed E-state index contributed by atoms with van der Waals surface area (Å²) >= 11 is 0. The zero-order chi connectivity index (χ0) is 14.4. The number of carbonyl (C=O) groups excluding carboxylic acids is 1. The molecule has 2 heterocycles. The molecule has 2 rings (SSSR count). The van der Waals surface area contributed by atoms with E-state index in [-0.39, 0.29) is 11.3 Å². The molecule has 1 aliphatic heterocycles. The molecule has 5 heteroatoms. The Morgan fingerprint density at radius 2 is 2.40 bits per heavy atom. The van der Waals surface area contributed by atoms with Crippen molar-refractivity contribution in [3.63, 3.8) is 0 Å². The number of hydrogen-bond donors (Lipinski definition) is 2. The first-order valence-corrected chi connectivity index (χ1v) is 7.18. The van der Waals surface area contributed by atoms with Crippen molar-refractivity contribution in [1.82, 2.24) is 15.6 Å². The van der Waals surface area contributed by atoms with Crippen molar-refractivity contribution in [2.24, 2.45) is 5.41 Å². The van der Waals surface area contributed by atoms with E-state index in [1.807, 2.05) is 6.07 Å². The Morgan fingerprint density at radius 3 is 2.95 bits per heavy atom. The molecule has 0 spiro atoms. The molecule has 0 aliphatic carbocycles. The minimum absolute atomic E-state index is 0.142. The van der Waals surface area contributed by atoms with Crippen LogP contribution in [0.25, 0.3) is 0 Å². The highest BCUT2D eigenvalue weighted by Gasteiger charge is 2.37. The predicted octanol–water partition coefficient (Wildman–Crippen LogP) is 1.49. The summed E-state index contributed by atoms with van der Waals surface area (Å²) in [5.41, 5.74) is 0.729. The van der Waals surface area contributed by atoms with E-state index in [1.165, 1.54) is 0 Å². The number of aromatic nitrogens is 1. The van der Waals surface area contributed by atoms with Crippen LogP contribution < -0.4 is 15.4 Å². The maximum absolute atomic E-state index is 12.5. The lowest BCUT2D eigenvalue weighted by Gasteiger charge is -2.35. The van der Waals surface area contributed by atoms with Gasteiger partial charge in [0.15, 0.2) is 0 Å². The fourth-order valence-corrected chi connectivity index (χ4v) is 2.63. The summed E-state index contributed by atoms with van der Waals surface area (Å²) in [5, 5.41) is 6.37. The fourth-order valence-electron chi connectivity index (χ4n) is 2.63. The Labute approximate surface area is 120 Å². The van der Waals surface area contributed by atoms with Crippen molar-refractivity contribution in [2.75, 3.05) is 20.2 Å². The van der Waals surface area contributed by atoms with Crippen molar-refractivity contribution in [3.8, 4) is 5.88 Å². The number of piperidine rings is 1. The molecule has 1 fully saturated rings. The van der Waals surface area contributed by atoms with Crippen LogP contribution in [0.15, 0.2) is 18.3 Å². The molecule has 1 aromatic rings. The van der Waals surface area contributed by atoms with Gasteiger partial charge in [0.05, 0.1) is 12.5 Å². The van der Waals surface area contributed by atoms with Crippen molar-refractivity contribution in [1.29, 1.82) is 0 Å². The van der Waals surface area contributed by atoms with E-state index >= 15 is 0 Å². The van der Waals surface area contributed by atoms with Crippen LogP contribution in [0, 0.1) is 5.41 Å². The molecule has 110 valence electrons. The fraction of sp³-hybridized carbons (Fsp3) is 0.600. The van der Waals surface area contributed by atoms with Gasteiger partial charge in [0.2, 0.25) is 11.8 Å². The zero-order valence-electron chi connectivity index (χ0n) is 12.2. The quantitative estimate of drug-likeness (QED) is 0.856. The minimum atomic E-state index is -0.252. The molecular formula is C15H23N3O2. The van der Waals surface area contributed by atoms with Crippen LogP contribution in [-0.2, 0) is 11.3 Å². The molecule has 0 saturated carbocycles. The summed E-state index contributed by atoms with van der Waals surface area (Å²) in [7, 11) is 1.59. The maximum Gasteiger partial charge on any atom is 0.227 e. The normalized spacial score (nSPS) is 22.3. The summed E-state index contributed by atoms with van der Waals surface area (Å²) in [6, 6.07) is 3.73. The topological polar surface area (TPSA) is 63.2 Å². The van der Waals surface area contributed by atoms with Gasteiger partial charge in [-0.2, -0.15) is 0 Å². The zero-order valence-corrected chi connectivity index (χ0v) is 12.2. The van der Waals surface area contributed by atoms with Crippen molar-refractivity contribution in [2.45, 2.75) is 32.7 Å². The molecule has 2 N–H and O–H groups in total. The van der Waals surface area contributed by atoms with Gasteiger partial charge in [-0.3, -0.25) is 4.79 Å². The lowest BCUT2D eigenvalue weighted by Crippen LogP contribution is -2.50. The Kier molecular flexibility index (Phi) is 4.95. The number of nitrogens with zero attached hydrogens (tertiary/aromatic N) is 1. The first-order chi connectivity index (χ1) is 9.70. The minimum Gasteiger partial charge on any atom is -0.481 e. The number of rotatable bonds is 5. The van der Waals surface area contributed by atoms with Gasteiger partial charge in [0.1, 0.15) is 0 Å². The van der Waals surface area contributed by atoms with Gasteiger partial charge >= 0.3 is 0 Å². The number of methoxy groups -OCH3 is 1. The lowest BCUT2D eigenvalue weighted by molar-refractivity contribution is -0.132. The number of carbonyl (C=O) groups is 1. The van der Waals surface area contributed by atoms with Gasteiger partial charge in [-0.15, -0.1) is 0 Å². The van der Waals surface area contributed by atoms with Crippen LogP contribution in [0.2, 0.25) is 0 Å². The average molecular weight is 277 g/mol. The van der Waals surface area contributed by atoms with Gasteiger partial charge in [-0.25, -0.2) is 4.98 Å². The smallest absolute Gasteiger partial charge is 0.227 e. The van der Waals surface area contributed by atoms with Crippen molar-refractivity contribution in [3.05, 3.63) is 23.9 Å². The Balaban J connectivity index is 1.93. The Morgan fingerprint density at radius 1 is 1.55 bits per heavy atom. The Bertz CT molecular complexity index is 439. The second-order valence-corrected chi connectivity index (χ2v) is 5.31. The van der Waals surface area contributed by atoms with E-state index in [1.54, 1.807) is 19.4 Å². The number of pyridine rings is 1. The van der Waals surface area contributed by atoms with Crippen LogP contribution in [0.3, 0.4) is 0 Å². The van der Waals surface area contributed by atoms with E-state index < -0.39 is 0 Å². The molecule has 0 radical (unpaired) electrons. The summed E-state index contributed by atoms with van der Waals surface area (Å²) in [4.78, 5) is 16.6. The SMILES string of the molecule is CCC1(C(=O)NCc2ccc(OC)nc2)CCCNC1. The third-order valence-corrected chi connectivity index (χ3v) is 4.09. The molecule has 1 amide bonds. The highest BCUT2D eigenvalue weighted by molar-refractivity contribution is 5.83. The monoisotopic (exact) mass is 277 g/mol. The molecule has 1 unspecified atom stereocenters. The van der Waals surface area contributed by atoms with E-state index in [9.17, 15) is 4.79 Å². The van der Waals surface area contributed by atoms with E-state index in [0.717, 1.165) is 37.9 Å². The van der Waals surface area contributed by atoms with Gasteiger partial charge in [0.25, 0.3) is 0 Å². The van der Waals surface area contributed by atoms with Crippen molar-refractivity contribution >= 4 is 5.91 Å². The predicted molar refractivity (Wildman–Crippen MR) is 77.5 cm³/mol. The largest absolute Gasteiger partial charge is 0.481 e. The maximum atomic E-state index is 12.5. The molecule has 1 aliphatic rings. The number of ether oxygens (including phenoxy) is 1. The summed E-state index contributed by atoms with van der Waals surface area (Å²) in [6.45, 7) is 4.38. The van der Waals surface area contributed by atoms with E-state index in [4.69, 9.17) is 4.74 Å². The van der Waals surface area contributed by atoms with Gasteiger partial charge in [-0.05, 0) is 31.4 Å². The third kappa shape index (κ3) is 3.28. The van der Waals surface area contributed by atoms with E-state index in [0.29, 0.717) is 12.4 Å². The standard InChI is InChI=1S/C15H23N3O2/c1-3-15(7-4-8-16-11-15)14(19)18-10-12-5-6-13(20-2)17-9-12/h5-6,9,16H,3-4,7-8,10-11H2,1-2H3,(H,18,19). The molecular weight excluding hydrogens is 254 g/mol. The molecule has 0 aromatic carbocycles. The highest BCUT2D eigenvalue weighted by Crippen LogP contribution is 2.30. The molecule has 1 aromatic heterocycles. The molecule has 1 saturated heterocycles. The number of nitrogens with one attached hydrogen (secondary N) is 2. The first kappa shape index (κ1) is 14.8. The van der Waals surface area contributed by atoms with Gasteiger partial charge in [-0.1, -0.05) is 13.0 Å². The lowest BCUT2D eigenvalue weighted by atomic mass is 9.77. The van der Waals surface area contributed by atoms with Crippen LogP contribution in [0.1, 0.15) is 31.7 Å². The second-order valence-electron chi connectivity index (χ2n) is 5.31. The molecule has 0 bridgehead atoms. The van der Waals surface area contributed by atoms with Crippen LogP contribution in [-0.4, -0.2) is 31.1 Å². The molecule has 1 atom stereocenters. The summed E-state index contributed by atoms with van der Waals surface area (Å²) in [5.74, 6) is 0.726. The van der Waals surface area contributed by atoms with Gasteiger partial charge in [0, 0.05) is 25.4 Å². The first-order valence-electron chi connectivity index (χ1n) is 7.18. The molecule has 5 nitrogen and oxygen atoms in total. The highest BCUT2D eigenvalue weighted by atomic mass is 16.5. The molecule has 20 heavy (non-hydrogen) atoms.